The van der Waals surface area contributed by atoms with Gasteiger partial charge in [-0.05, 0) is 37.6 Å². The van der Waals surface area contributed by atoms with E-state index in [0.29, 0.717) is 29.5 Å². The van der Waals surface area contributed by atoms with Crippen LogP contribution in [0, 0.1) is 0 Å². The maximum atomic E-state index is 9.42. The van der Waals surface area contributed by atoms with Crippen molar-refractivity contribution in [1.29, 1.82) is 0 Å². The van der Waals surface area contributed by atoms with Crippen LogP contribution in [0.1, 0.15) is 32.1 Å². The first-order valence-electron chi connectivity index (χ1n) is 6.74. The summed E-state index contributed by atoms with van der Waals surface area (Å²) in [5.74, 6) is 1.99. The third-order valence-corrected chi connectivity index (χ3v) is 2.73. The molecule has 2 aromatic rings. The summed E-state index contributed by atoms with van der Waals surface area (Å²) in [6, 6.07) is 11.1. The van der Waals surface area contributed by atoms with Crippen molar-refractivity contribution in [3.05, 3.63) is 48.3 Å². The molecule has 0 unspecified atom stereocenters. The first kappa shape index (κ1) is 14.3. The molecule has 20 heavy (non-hydrogen) atoms. The normalized spacial score (nSPS) is 11.9. The predicted octanol–water partition coefficient (Wildman–Crippen LogP) is 3.72. The summed E-state index contributed by atoms with van der Waals surface area (Å²) in [6.07, 6.45) is 1.96. The van der Waals surface area contributed by atoms with Gasteiger partial charge in [-0.1, -0.05) is 19.1 Å². The Kier molecular flexibility index (Phi) is 4.96. The third-order valence-electron chi connectivity index (χ3n) is 2.73. The van der Waals surface area contributed by atoms with Crippen LogP contribution in [-0.2, 0) is 0 Å². The van der Waals surface area contributed by atoms with E-state index in [-0.39, 0.29) is 0 Å². The van der Waals surface area contributed by atoms with Gasteiger partial charge in [0.25, 0.3) is 0 Å². The van der Waals surface area contributed by atoms with E-state index in [0.717, 1.165) is 6.42 Å². The SMILES string of the molecule is CCCOc1ccccc1Oc1ccc([C@H](C)O)nc1. The molecule has 4 heteroatoms. The van der Waals surface area contributed by atoms with Crippen molar-refractivity contribution < 1.29 is 14.6 Å². The van der Waals surface area contributed by atoms with Crippen LogP contribution in [0.3, 0.4) is 0 Å². The smallest absolute Gasteiger partial charge is 0.169 e. The lowest BCUT2D eigenvalue weighted by molar-refractivity contribution is 0.194. The molecule has 0 saturated heterocycles. The molecule has 0 radical (unpaired) electrons. The maximum absolute atomic E-state index is 9.42. The molecule has 0 aliphatic carbocycles. The Balaban J connectivity index is 2.13. The van der Waals surface area contributed by atoms with E-state index in [1.807, 2.05) is 24.3 Å². The molecule has 0 saturated carbocycles. The van der Waals surface area contributed by atoms with Gasteiger partial charge in [-0.25, -0.2) is 0 Å². The molecular formula is C16H19NO3. The highest BCUT2D eigenvalue weighted by atomic mass is 16.5. The Bertz CT molecular complexity index is 538. The number of nitrogens with zero attached hydrogens (tertiary/aromatic N) is 1. The van der Waals surface area contributed by atoms with E-state index in [1.54, 1.807) is 25.3 Å². The van der Waals surface area contributed by atoms with Gasteiger partial charge in [0.05, 0.1) is 24.6 Å². The number of pyridine rings is 1. The molecule has 106 valence electrons. The predicted molar refractivity (Wildman–Crippen MR) is 77.2 cm³/mol. The standard InChI is InChI=1S/C16H19NO3/c1-3-10-19-15-6-4-5-7-16(15)20-13-8-9-14(12(2)18)17-11-13/h4-9,11-12,18H,3,10H2,1-2H3/t12-/m0/s1. The Labute approximate surface area is 119 Å². The molecule has 0 aliphatic rings. The lowest BCUT2D eigenvalue weighted by atomic mass is 10.2. The number of rotatable bonds is 6. The number of ether oxygens (including phenoxy) is 2. The van der Waals surface area contributed by atoms with Gasteiger partial charge in [0.15, 0.2) is 11.5 Å². The Morgan fingerprint density at radius 3 is 2.50 bits per heavy atom. The van der Waals surface area contributed by atoms with Crippen LogP contribution < -0.4 is 9.47 Å². The van der Waals surface area contributed by atoms with Gasteiger partial charge in [0.2, 0.25) is 0 Å². The highest BCUT2D eigenvalue weighted by molar-refractivity contribution is 5.42. The quantitative estimate of drug-likeness (QED) is 0.871. The van der Waals surface area contributed by atoms with Crippen LogP contribution in [0.5, 0.6) is 17.2 Å². The van der Waals surface area contributed by atoms with Crippen LogP contribution in [0.15, 0.2) is 42.6 Å². The minimum atomic E-state index is -0.579. The lowest BCUT2D eigenvalue weighted by Gasteiger charge is -2.12. The minimum absolute atomic E-state index is 0.579. The summed E-state index contributed by atoms with van der Waals surface area (Å²) in [5, 5.41) is 9.42. The molecule has 4 nitrogen and oxygen atoms in total. The lowest BCUT2D eigenvalue weighted by Crippen LogP contribution is -1.98. The van der Waals surface area contributed by atoms with Gasteiger partial charge in [-0.3, -0.25) is 4.98 Å². The number of aromatic nitrogens is 1. The van der Waals surface area contributed by atoms with Crippen LogP contribution >= 0.6 is 0 Å². The summed E-state index contributed by atoms with van der Waals surface area (Å²) in [6.45, 7) is 4.39. The third kappa shape index (κ3) is 3.71. The molecule has 0 fully saturated rings. The van der Waals surface area contributed by atoms with E-state index >= 15 is 0 Å². The van der Waals surface area contributed by atoms with Crippen molar-refractivity contribution >= 4 is 0 Å². The molecule has 1 aromatic heterocycles. The molecule has 0 aliphatic heterocycles. The van der Waals surface area contributed by atoms with Crippen LogP contribution in [-0.4, -0.2) is 16.7 Å². The largest absolute Gasteiger partial charge is 0.490 e. The van der Waals surface area contributed by atoms with Crippen molar-refractivity contribution in [1.82, 2.24) is 4.98 Å². The molecule has 1 aromatic carbocycles. The fraction of sp³-hybridized carbons (Fsp3) is 0.312. The van der Waals surface area contributed by atoms with Gasteiger partial charge < -0.3 is 14.6 Å². The molecular weight excluding hydrogens is 254 g/mol. The monoisotopic (exact) mass is 273 g/mol. The average Bonchev–Trinajstić information content (AvgIpc) is 2.47. The van der Waals surface area contributed by atoms with E-state index in [1.165, 1.54) is 0 Å². The van der Waals surface area contributed by atoms with Gasteiger partial charge in [-0.2, -0.15) is 0 Å². The molecule has 0 amide bonds. The van der Waals surface area contributed by atoms with E-state index in [9.17, 15) is 5.11 Å². The maximum Gasteiger partial charge on any atom is 0.169 e. The van der Waals surface area contributed by atoms with E-state index in [2.05, 4.69) is 11.9 Å². The van der Waals surface area contributed by atoms with Crippen LogP contribution in [0.4, 0.5) is 0 Å². The van der Waals surface area contributed by atoms with Crippen molar-refractivity contribution in [2.24, 2.45) is 0 Å². The van der Waals surface area contributed by atoms with Crippen molar-refractivity contribution in [2.75, 3.05) is 6.61 Å². The van der Waals surface area contributed by atoms with Crippen LogP contribution in [0.25, 0.3) is 0 Å². The Hall–Kier alpha value is -2.07. The zero-order valence-corrected chi connectivity index (χ0v) is 11.7. The first-order chi connectivity index (χ1) is 9.70. The minimum Gasteiger partial charge on any atom is -0.490 e. The van der Waals surface area contributed by atoms with E-state index < -0.39 is 6.10 Å². The van der Waals surface area contributed by atoms with Gasteiger partial charge in [-0.15, -0.1) is 0 Å². The first-order valence-corrected chi connectivity index (χ1v) is 6.74. The molecule has 1 atom stereocenters. The average molecular weight is 273 g/mol. The Morgan fingerprint density at radius 1 is 1.15 bits per heavy atom. The van der Waals surface area contributed by atoms with Crippen LogP contribution in [0.2, 0.25) is 0 Å². The number of hydrogen-bond acceptors (Lipinski definition) is 4. The molecule has 0 bridgehead atoms. The van der Waals surface area contributed by atoms with Gasteiger partial charge >= 0.3 is 0 Å². The summed E-state index contributed by atoms with van der Waals surface area (Å²) >= 11 is 0. The Morgan fingerprint density at radius 2 is 1.90 bits per heavy atom. The summed E-state index contributed by atoms with van der Waals surface area (Å²) in [4.78, 5) is 4.15. The second-order valence-electron chi connectivity index (χ2n) is 4.49. The second-order valence-corrected chi connectivity index (χ2v) is 4.49. The number of aliphatic hydroxyl groups is 1. The van der Waals surface area contributed by atoms with Crippen molar-refractivity contribution in [3.8, 4) is 17.2 Å². The molecule has 0 spiro atoms. The summed E-state index contributed by atoms with van der Waals surface area (Å²) in [7, 11) is 0. The van der Waals surface area contributed by atoms with Gasteiger partial charge in [0.1, 0.15) is 5.75 Å². The number of hydrogen-bond donors (Lipinski definition) is 1. The van der Waals surface area contributed by atoms with Crippen molar-refractivity contribution in [3.63, 3.8) is 0 Å². The summed E-state index contributed by atoms with van der Waals surface area (Å²) in [5.41, 5.74) is 0.618. The fourth-order valence-electron chi connectivity index (χ4n) is 1.69. The highest BCUT2D eigenvalue weighted by Gasteiger charge is 2.07. The zero-order valence-electron chi connectivity index (χ0n) is 11.7. The highest BCUT2D eigenvalue weighted by Crippen LogP contribution is 2.31. The summed E-state index contributed by atoms with van der Waals surface area (Å²) < 4.78 is 11.4. The molecule has 1 N–H and O–H groups in total. The number of para-hydroxylation sites is 2. The van der Waals surface area contributed by atoms with Crippen molar-refractivity contribution in [2.45, 2.75) is 26.4 Å². The number of benzene rings is 1. The topological polar surface area (TPSA) is 51.6 Å². The van der Waals surface area contributed by atoms with Gasteiger partial charge in [0, 0.05) is 0 Å². The zero-order chi connectivity index (χ0) is 14.4. The fourth-order valence-corrected chi connectivity index (χ4v) is 1.69. The second kappa shape index (κ2) is 6.91. The van der Waals surface area contributed by atoms with E-state index in [4.69, 9.17) is 9.47 Å². The molecule has 1 heterocycles. The number of aliphatic hydroxyl groups excluding tert-OH is 1. The molecule has 2 rings (SSSR count).